The molecule has 4 nitrogen and oxygen atoms in total. The van der Waals surface area contributed by atoms with E-state index >= 15 is 0 Å². The van der Waals surface area contributed by atoms with Crippen LogP contribution < -0.4 is 0 Å². The third-order valence-electron chi connectivity index (χ3n) is 12.4. The van der Waals surface area contributed by atoms with Crippen LogP contribution in [0, 0.1) is 53.3 Å². The van der Waals surface area contributed by atoms with E-state index < -0.39 is 0 Å². The van der Waals surface area contributed by atoms with Gasteiger partial charge in [-0.05, 0) is 129 Å². The molecule has 0 spiro atoms. The zero-order valence-corrected chi connectivity index (χ0v) is 23.3. The van der Waals surface area contributed by atoms with Crippen molar-refractivity contribution in [1.82, 2.24) is 4.57 Å². The molecule has 2 N–H and O–H groups in total. The van der Waals surface area contributed by atoms with E-state index in [0.29, 0.717) is 41.9 Å². The van der Waals surface area contributed by atoms with Crippen LogP contribution in [0.25, 0.3) is 10.9 Å². The van der Waals surface area contributed by atoms with Crippen LogP contribution in [0.4, 0.5) is 0 Å². The SMILES string of the molecule is Cc1ccc2c(ccn2C(=O)CC[C@@H](C)[C@H]2CC[C@H]3[C@@H]4CC[C@@H]5C[C@H](O)CC[C@]5(C)[C@H]4C[C@H](O)[C@]23C)c1. The van der Waals surface area contributed by atoms with Gasteiger partial charge >= 0.3 is 0 Å². The molecule has 4 fully saturated rings. The van der Waals surface area contributed by atoms with E-state index in [9.17, 15) is 15.0 Å². The van der Waals surface area contributed by atoms with Gasteiger partial charge in [0.15, 0.2) is 0 Å². The molecule has 1 heterocycles. The molecule has 202 valence electrons. The van der Waals surface area contributed by atoms with E-state index in [4.69, 9.17) is 0 Å². The second-order valence-corrected chi connectivity index (χ2v) is 14.0. The number of aromatic nitrogens is 1. The second-order valence-electron chi connectivity index (χ2n) is 14.0. The lowest BCUT2D eigenvalue weighted by Crippen LogP contribution is -2.58. The van der Waals surface area contributed by atoms with E-state index in [1.54, 1.807) is 0 Å². The lowest BCUT2D eigenvalue weighted by atomic mass is 9.43. The van der Waals surface area contributed by atoms with Crippen LogP contribution >= 0.6 is 0 Å². The summed E-state index contributed by atoms with van der Waals surface area (Å²) in [4.78, 5) is 13.2. The van der Waals surface area contributed by atoms with Gasteiger partial charge in [-0.2, -0.15) is 0 Å². The smallest absolute Gasteiger partial charge is 0.231 e. The average Bonchev–Trinajstić information content (AvgIpc) is 3.45. The molecule has 0 unspecified atom stereocenters. The predicted octanol–water partition coefficient (Wildman–Crippen LogP) is 7.00. The minimum absolute atomic E-state index is 0.0430. The van der Waals surface area contributed by atoms with Crippen molar-refractivity contribution < 1.29 is 15.0 Å². The molecular weight excluding hydrogens is 458 g/mol. The first kappa shape index (κ1) is 25.6. The van der Waals surface area contributed by atoms with E-state index in [2.05, 4.69) is 45.9 Å². The van der Waals surface area contributed by atoms with Crippen molar-refractivity contribution >= 4 is 16.8 Å². The van der Waals surface area contributed by atoms with Crippen LogP contribution in [0.15, 0.2) is 30.5 Å². The quantitative estimate of drug-likeness (QED) is 0.470. The summed E-state index contributed by atoms with van der Waals surface area (Å²) in [6.45, 7) is 9.31. The number of fused-ring (bicyclic) bond motifs is 6. The molecule has 10 atom stereocenters. The zero-order valence-electron chi connectivity index (χ0n) is 23.3. The number of aryl methyl sites for hydroxylation is 1. The minimum Gasteiger partial charge on any atom is -0.393 e. The van der Waals surface area contributed by atoms with Crippen molar-refractivity contribution in [3.05, 3.63) is 36.0 Å². The van der Waals surface area contributed by atoms with Crippen LogP contribution in [0.3, 0.4) is 0 Å². The van der Waals surface area contributed by atoms with Crippen molar-refractivity contribution in [2.45, 2.75) is 104 Å². The van der Waals surface area contributed by atoms with Crippen LogP contribution in [0.5, 0.6) is 0 Å². The normalized spacial score (nSPS) is 42.2. The number of carbonyl (C=O) groups is 1. The number of hydrogen-bond acceptors (Lipinski definition) is 3. The first-order chi connectivity index (χ1) is 17.6. The van der Waals surface area contributed by atoms with E-state index in [1.165, 1.54) is 31.2 Å². The monoisotopic (exact) mass is 505 g/mol. The summed E-state index contributed by atoms with van der Waals surface area (Å²) in [5, 5.41) is 23.3. The zero-order chi connectivity index (χ0) is 26.1. The maximum Gasteiger partial charge on any atom is 0.231 e. The highest BCUT2D eigenvalue weighted by Crippen LogP contribution is 2.68. The van der Waals surface area contributed by atoms with E-state index in [0.717, 1.165) is 43.0 Å². The van der Waals surface area contributed by atoms with Gasteiger partial charge in [-0.1, -0.05) is 32.4 Å². The van der Waals surface area contributed by atoms with E-state index in [1.807, 2.05) is 16.8 Å². The molecule has 0 saturated heterocycles. The topological polar surface area (TPSA) is 62.5 Å². The molecule has 1 aromatic heterocycles. The first-order valence-corrected chi connectivity index (χ1v) is 15.1. The first-order valence-electron chi connectivity index (χ1n) is 15.1. The summed E-state index contributed by atoms with van der Waals surface area (Å²) < 4.78 is 1.83. The molecule has 0 aliphatic heterocycles. The Labute approximate surface area is 222 Å². The molecule has 1 aromatic carbocycles. The van der Waals surface area contributed by atoms with Gasteiger partial charge in [0.2, 0.25) is 5.91 Å². The number of aliphatic hydroxyl groups is 2. The number of hydrogen-bond donors (Lipinski definition) is 2. The average molecular weight is 506 g/mol. The fourth-order valence-corrected chi connectivity index (χ4v) is 10.3. The van der Waals surface area contributed by atoms with Gasteiger partial charge in [0, 0.05) is 18.0 Å². The molecule has 37 heavy (non-hydrogen) atoms. The molecule has 6 rings (SSSR count). The van der Waals surface area contributed by atoms with Crippen LogP contribution in [0.2, 0.25) is 0 Å². The summed E-state index contributed by atoms with van der Waals surface area (Å²) >= 11 is 0. The van der Waals surface area contributed by atoms with Crippen molar-refractivity contribution in [1.29, 1.82) is 0 Å². The molecule has 0 amide bonds. The number of aliphatic hydroxyl groups excluding tert-OH is 2. The molecule has 4 aliphatic carbocycles. The Bertz CT molecular complexity index is 1170. The number of nitrogens with zero attached hydrogens (tertiary/aromatic N) is 1. The highest BCUT2D eigenvalue weighted by molar-refractivity contribution is 5.92. The third kappa shape index (κ3) is 3.95. The Morgan fingerprint density at radius 1 is 1.05 bits per heavy atom. The van der Waals surface area contributed by atoms with Gasteiger partial charge in [-0.15, -0.1) is 0 Å². The van der Waals surface area contributed by atoms with Gasteiger partial charge in [-0.3, -0.25) is 9.36 Å². The largest absolute Gasteiger partial charge is 0.393 e. The number of carbonyl (C=O) groups excluding carboxylic acids is 1. The Balaban J connectivity index is 1.16. The predicted molar refractivity (Wildman–Crippen MR) is 148 cm³/mol. The maximum atomic E-state index is 13.2. The summed E-state index contributed by atoms with van der Waals surface area (Å²) in [6.07, 6.45) is 11.8. The van der Waals surface area contributed by atoms with Crippen LogP contribution in [0.1, 0.15) is 95.3 Å². The molecule has 2 aromatic rings. The van der Waals surface area contributed by atoms with E-state index in [-0.39, 0.29) is 28.9 Å². The van der Waals surface area contributed by atoms with Gasteiger partial charge in [-0.25, -0.2) is 0 Å². The Morgan fingerprint density at radius 3 is 2.68 bits per heavy atom. The van der Waals surface area contributed by atoms with Crippen LogP contribution in [-0.2, 0) is 0 Å². The minimum atomic E-state index is -0.261. The fourth-order valence-electron chi connectivity index (χ4n) is 10.3. The molecular formula is C33H47NO3. The van der Waals surface area contributed by atoms with Crippen molar-refractivity contribution in [2.24, 2.45) is 46.3 Å². The fraction of sp³-hybridized carbons (Fsp3) is 0.727. The van der Waals surface area contributed by atoms with Gasteiger partial charge in [0.25, 0.3) is 0 Å². The molecule has 4 heteroatoms. The lowest BCUT2D eigenvalue weighted by Gasteiger charge is -2.62. The van der Waals surface area contributed by atoms with Crippen molar-refractivity contribution in [3.8, 4) is 0 Å². The second kappa shape index (κ2) is 9.23. The third-order valence-corrected chi connectivity index (χ3v) is 12.4. The highest BCUT2D eigenvalue weighted by atomic mass is 16.3. The standard InChI is InChI=1S/C33H47NO3/c1-20-5-11-29-22(17-20)14-16-34(29)31(37)12-6-21(2)26-9-10-27-25-8-7-23-18-24(35)13-15-32(23,3)28(25)19-30(36)33(26,27)4/h5,11,14,16-17,21,23-28,30,35-36H,6-10,12-13,15,18-19H2,1-4H3/t21-,23-,24-,25+,26-,27+,28+,30+,32+,33-/m1/s1. The van der Waals surface area contributed by atoms with Gasteiger partial charge < -0.3 is 10.2 Å². The molecule has 0 radical (unpaired) electrons. The van der Waals surface area contributed by atoms with Gasteiger partial charge in [0.1, 0.15) is 0 Å². The number of benzene rings is 1. The summed E-state index contributed by atoms with van der Waals surface area (Å²) in [6, 6.07) is 8.33. The van der Waals surface area contributed by atoms with Gasteiger partial charge in [0.05, 0.1) is 17.7 Å². The summed E-state index contributed by atoms with van der Waals surface area (Å²) in [7, 11) is 0. The summed E-state index contributed by atoms with van der Waals surface area (Å²) in [5.74, 6) is 3.58. The Kier molecular flexibility index (Phi) is 6.39. The molecule has 0 bridgehead atoms. The Morgan fingerprint density at radius 2 is 1.86 bits per heavy atom. The lowest BCUT2D eigenvalue weighted by molar-refractivity contribution is -0.174. The van der Waals surface area contributed by atoms with Crippen molar-refractivity contribution in [2.75, 3.05) is 0 Å². The maximum absolute atomic E-state index is 13.2. The molecule has 4 saturated carbocycles. The van der Waals surface area contributed by atoms with Crippen LogP contribution in [-0.4, -0.2) is 32.9 Å². The van der Waals surface area contributed by atoms with Crippen molar-refractivity contribution in [3.63, 3.8) is 0 Å². The Hall–Kier alpha value is -1.65. The summed E-state index contributed by atoms with van der Waals surface area (Å²) in [5.41, 5.74) is 2.45. The highest BCUT2D eigenvalue weighted by Gasteiger charge is 2.63. The molecule has 4 aliphatic rings. The number of rotatable bonds is 4.